The summed E-state index contributed by atoms with van der Waals surface area (Å²) in [6.07, 6.45) is 4.35. The Hall–Kier alpha value is -0.450. The Kier molecular flexibility index (Phi) is 6.00. The van der Waals surface area contributed by atoms with Crippen LogP contribution in [-0.4, -0.2) is 35.1 Å². The second-order valence-corrected chi connectivity index (χ2v) is 7.23. The van der Waals surface area contributed by atoms with Crippen molar-refractivity contribution in [3.8, 4) is 0 Å². The van der Waals surface area contributed by atoms with Gasteiger partial charge in [0.05, 0.1) is 5.69 Å². The van der Waals surface area contributed by atoms with E-state index in [4.69, 9.17) is 0 Å². The Morgan fingerprint density at radius 1 is 1.45 bits per heavy atom. The van der Waals surface area contributed by atoms with E-state index in [1.807, 2.05) is 6.20 Å². The first kappa shape index (κ1) is 15.9. The zero-order valence-electron chi connectivity index (χ0n) is 12.8. The standard InChI is InChI=1S/C16H26BrN3/c1-12(2)8-16-11-20(13(3)6-7-18-16)10-15-5-4-14(17)9-19-15/h4-5,9,12-13,16,18H,6-8,10-11H2,1-3H3. The molecule has 1 saturated heterocycles. The minimum absolute atomic E-state index is 0.607. The third-order valence-corrected chi connectivity index (χ3v) is 4.45. The quantitative estimate of drug-likeness (QED) is 0.910. The van der Waals surface area contributed by atoms with Gasteiger partial charge < -0.3 is 5.32 Å². The molecule has 0 aromatic carbocycles. The number of halogens is 1. The van der Waals surface area contributed by atoms with Gasteiger partial charge in [0.2, 0.25) is 0 Å². The topological polar surface area (TPSA) is 28.2 Å². The van der Waals surface area contributed by atoms with E-state index in [-0.39, 0.29) is 0 Å². The average Bonchev–Trinajstić information content (AvgIpc) is 2.54. The maximum atomic E-state index is 4.51. The molecule has 2 unspecified atom stereocenters. The van der Waals surface area contributed by atoms with Crippen LogP contribution in [-0.2, 0) is 6.54 Å². The highest BCUT2D eigenvalue weighted by atomic mass is 79.9. The SMILES string of the molecule is CC(C)CC1CN(Cc2ccc(Br)cn2)C(C)CCN1. The van der Waals surface area contributed by atoms with Crippen molar-refractivity contribution >= 4 is 15.9 Å². The predicted octanol–water partition coefficient (Wildman–Crippen LogP) is 3.44. The number of nitrogens with one attached hydrogen (secondary N) is 1. The Balaban J connectivity index is 2.00. The molecule has 1 aliphatic rings. The normalized spacial score (nSPS) is 24.9. The summed E-state index contributed by atoms with van der Waals surface area (Å²) < 4.78 is 1.05. The lowest BCUT2D eigenvalue weighted by Crippen LogP contribution is -2.40. The van der Waals surface area contributed by atoms with Crippen molar-refractivity contribution in [1.82, 2.24) is 15.2 Å². The first-order valence-electron chi connectivity index (χ1n) is 7.62. The molecule has 1 aliphatic heterocycles. The fraction of sp³-hybridized carbons (Fsp3) is 0.688. The minimum Gasteiger partial charge on any atom is -0.313 e. The van der Waals surface area contributed by atoms with E-state index in [0.717, 1.165) is 35.7 Å². The van der Waals surface area contributed by atoms with Crippen LogP contribution in [0, 0.1) is 5.92 Å². The van der Waals surface area contributed by atoms with Gasteiger partial charge in [-0.1, -0.05) is 13.8 Å². The highest BCUT2D eigenvalue weighted by molar-refractivity contribution is 9.10. The summed E-state index contributed by atoms with van der Waals surface area (Å²) in [7, 11) is 0. The van der Waals surface area contributed by atoms with E-state index >= 15 is 0 Å². The second-order valence-electron chi connectivity index (χ2n) is 6.32. The molecule has 1 aromatic rings. The molecule has 0 bridgehead atoms. The van der Waals surface area contributed by atoms with Crippen molar-refractivity contribution in [2.24, 2.45) is 5.92 Å². The lowest BCUT2D eigenvalue weighted by atomic mass is 10.0. The van der Waals surface area contributed by atoms with Gasteiger partial charge in [0.25, 0.3) is 0 Å². The van der Waals surface area contributed by atoms with Crippen LogP contribution in [0.4, 0.5) is 0 Å². The molecule has 0 radical (unpaired) electrons. The van der Waals surface area contributed by atoms with E-state index in [1.54, 1.807) is 0 Å². The van der Waals surface area contributed by atoms with Crippen LogP contribution in [0.2, 0.25) is 0 Å². The molecule has 1 aromatic heterocycles. The first-order valence-corrected chi connectivity index (χ1v) is 8.41. The van der Waals surface area contributed by atoms with E-state index in [1.165, 1.54) is 12.8 Å². The smallest absolute Gasteiger partial charge is 0.0544 e. The second kappa shape index (κ2) is 7.53. The van der Waals surface area contributed by atoms with Gasteiger partial charge in [-0.15, -0.1) is 0 Å². The molecule has 0 amide bonds. The molecule has 2 rings (SSSR count). The molecule has 0 aliphatic carbocycles. The zero-order chi connectivity index (χ0) is 14.5. The summed E-state index contributed by atoms with van der Waals surface area (Å²) in [5.74, 6) is 0.744. The molecule has 0 spiro atoms. The summed E-state index contributed by atoms with van der Waals surface area (Å²) in [6.45, 7) is 10.1. The van der Waals surface area contributed by atoms with Crippen molar-refractivity contribution < 1.29 is 0 Å². The molecule has 112 valence electrons. The molecule has 2 heterocycles. The summed E-state index contributed by atoms with van der Waals surface area (Å²) in [5, 5.41) is 3.70. The maximum Gasteiger partial charge on any atom is 0.0544 e. The van der Waals surface area contributed by atoms with Crippen molar-refractivity contribution in [3.63, 3.8) is 0 Å². The van der Waals surface area contributed by atoms with Crippen molar-refractivity contribution in [1.29, 1.82) is 0 Å². The molecule has 2 atom stereocenters. The monoisotopic (exact) mass is 339 g/mol. The summed E-state index contributed by atoms with van der Waals surface area (Å²) in [5.41, 5.74) is 1.16. The molecular weight excluding hydrogens is 314 g/mol. The molecule has 1 fully saturated rings. The molecule has 0 saturated carbocycles. The van der Waals surface area contributed by atoms with Gasteiger partial charge in [-0.05, 0) is 60.3 Å². The predicted molar refractivity (Wildman–Crippen MR) is 87.7 cm³/mol. The van der Waals surface area contributed by atoms with Gasteiger partial charge in [0, 0.05) is 35.8 Å². The Morgan fingerprint density at radius 3 is 2.90 bits per heavy atom. The van der Waals surface area contributed by atoms with Gasteiger partial charge in [-0.25, -0.2) is 0 Å². The first-order chi connectivity index (χ1) is 9.54. The zero-order valence-corrected chi connectivity index (χ0v) is 14.4. The highest BCUT2D eigenvalue weighted by Crippen LogP contribution is 2.17. The van der Waals surface area contributed by atoms with Gasteiger partial charge >= 0.3 is 0 Å². The third kappa shape index (κ3) is 4.83. The van der Waals surface area contributed by atoms with Crippen LogP contribution in [0.15, 0.2) is 22.8 Å². The minimum atomic E-state index is 0.607. The van der Waals surface area contributed by atoms with Crippen LogP contribution in [0.1, 0.15) is 39.3 Å². The number of hydrogen-bond donors (Lipinski definition) is 1. The Bertz CT molecular complexity index is 405. The van der Waals surface area contributed by atoms with Crippen molar-refractivity contribution in [2.75, 3.05) is 13.1 Å². The maximum absolute atomic E-state index is 4.51. The van der Waals surface area contributed by atoms with E-state index in [2.05, 4.69) is 64.0 Å². The number of pyridine rings is 1. The van der Waals surface area contributed by atoms with E-state index in [9.17, 15) is 0 Å². The molecule has 1 N–H and O–H groups in total. The van der Waals surface area contributed by atoms with Crippen LogP contribution >= 0.6 is 15.9 Å². The fourth-order valence-electron chi connectivity index (χ4n) is 2.86. The van der Waals surface area contributed by atoms with Gasteiger partial charge in [-0.3, -0.25) is 9.88 Å². The van der Waals surface area contributed by atoms with Gasteiger partial charge in [0.15, 0.2) is 0 Å². The molecular formula is C16H26BrN3. The lowest BCUT2D eigenvalue weighted by molar-refractivity contribution is 0.187. The largest absolute Gasteiger partial charge is 0.313 e. The summed E-state index contributed by atoms with van der Waals surface area (Å²) in [4.78, 5) is 7.09. The third-order valence-electron chi connectivity index (χ3n) is 3.98. The number of nitrogens with zero attached hydrogens (tertiary/aromatic N) is 2. The summed E-state index contributed by atoms with van der Waals surface area (Å²) >= 11 is 3.45. The average molecular weight is 340 g/mol. The highest BCUT2D eigenvalue weighted by Gasteiger charge is 2.23. The van der Waals surface area contributed by atoms with Crippen molar-refractivity contribution in [3.05, 3.63) is 28.5 Å². The number of aromatic nitrogens is 1. The molecule has 20 heavy (non-hydrogen) atoms. The lowest BCUT2D eigenvalue weighted by Gasteiger charge is -2.29. The molecule has 4 heteroatoms. The number of rotatable bonds is 4. The Labute approximate surface area is 131 Å². The van der Waals surface area contributed by atoms with Crippen LogP contribution in [0.25, 0.3) is 0 Å². The Morgan fingerprint density at radius 2 is 2.25 bits per heavy atom. The number of hydrogen-bond acceptors (Lipinski definition) is 3. The van der Waals surface area contributed by atoms with E-state index in [0.29, 0.717) is 12.1 Å². The fourth-order valence-corrected chi connectivity index (χ4v) is 3.10. The van der Waals surface area contributed by atoms with Crippen LogP contribution in [0.3, 0.4) is 0 Å². The van der Waals surface area contributed by atoms with Crippen LogP contribution in [0.5, 0.6) is 0 Å². The van der Waals surface area contributed by atoms with Crippen molar-refractivity contribution in [2.45, 2.75) is 52.2 Å². The van der Waals surface area contributed by atoms with Gasteiger partial charge in [0.1, 0.15) is 0 Å². The molecule has 3 nitrogen and oxygen atoms in total. The summed E-state index contributed by atoms with van der Waals surface area (Å²) in [6, 6.07) is 5.42. The van der Waals surface area contributed by atoms with Crippen LogP contribution < -0.4 is 5.32 Å². The van der Waals surface area contributed by atoms with E-state index < -0.39 is 0 Å². The van der Waals surface area contributed by atoms with Gasteiger partial charge in [-0.2, -0.15) is 0 Å².